The zero-order valence-electron chi connectivity index (χ0n) is 20.8. The molecule has 9 rings (SSSR count). The minimum Gasteiger partial charge on any atom is -0.309 e. The van der Waals surface area contributed by atoms with Crippen LogP contribution in [0.1, 0.15) is 0 Å². The average molecular weight is 533 g/mol. The highest BCUT2D eigenvalue weighted by Crippen LogP contribution is 2.43. The Hall–Kier alpha value is -4.51. The molecular weight excluding hydrogens is 513 g/mol. The quantitative estimate of drug-likeness (QED) is 0.216. The summed E-state index contributed by atoms with van der Waals surface area (Å²) in [4.78, 5) is 5.15. The summed E-state index contributed by atoms with van der Waals surface area (Å²) in [6.07, 6.45) is 0. The fraction of sp³-hybridized carbons (Fsp3) is 0. The van der Waals surface area contributed by atoms with Crippen molar-refractivity contribution < 1.29 is 0 Å². The van der Waals surface area contributed by atoms with Crippen molar-refractivity contribution in [3.8, 4) is 16.3 Å². The third-order valence-corrected chi connectivity index (χ3v) is 10.1. The maximum Gasteiger partial charge on any atom is 0.124 e. The highest BCUT2D eigenvalue weighted by molar-refractivity contribution is 7.28. The summed E-state index contributed by atoms with van der Waals surface area (Å²) in [6.45, 7) is 0. The van der Waals surface area contributed by atoms with Crippen molar-refractivity contribution in [1.29, 1.82) is 0 Å². The van der Waals surface area contributed by atoms with Gasteiger partial charge in [-0.05, 0) is 41.8 Å². The lowest BCUT2D eigenvalue weighted by molar-refractivity contribution is 1.19. The molecule has 0 N–H and O–H groups in total. The molecule has 3 heterocycles. The van der Waals surface area contributed by atoms with Crippen molar-refractivity contribution in [2.75, 3.05) is 0 Å². The zero-order chi connectivity index (χ0) is 25.5. The molecule has 182 valence electrons. The molecule has 9 aromatic rings. The molecule has 0 bridgehead atoms. The van der Waals surface area contributed by atoms with Crippen molar-refractivity contribution in [3.05, 3.63) is 121 Å². The minimum atomic E-state index is 1.06. The number of hydrogen-bond donors (Lipinski definition) is 0. The Morgan fingerprint density at radius 3 is 2.28 bits per heavy atom. The number of thiophene rings is 1. The molecule has 3 aromatic heterocycles. The smallest absolute Gasteiger partial charge is 0.124 e. The second kappa shape index (κ2) is 8.00. The van der Waals surface area contributed by atoms with E-state index in [0.29, 0.717) is 0 Å². The van der Waals surface area contributed by atoms with E-state index in [4.69, 9.17) is 4.98 Å². The maximum absolute atomic E-state index is 5.15. The van der Waals surface area contributed by atoms with Crippen molar-refractivity contribution in [3.63, 3.8) is 0 Å². The first kappa shape index (κ1) is 21.4. The van der Waals surface area contributed by atoms with Crippen LogP contribution in [0.25, 0.3) is 79.2 Å². The number of fused-ring (bicyclic) bond motifs is 10. The Labute approximate surface area is 232 Å². The van der Waals surface area contributed by atoms with Gasteiger partial charge < -0.3 is 4.57 Å². The maximum atomic E-state index is 5.15. The molecule has 0 aliphatic carbocycles. The molecule has 0 unspecified atom stereocenters. The van der Waals surface area contributed by atoms with Gasteiger partial charge in [0, 0.05) is 47.6 Å². The minimum absolute atomic E-state index is 1.06. The molecule has 39 heavy (non-hydrogen) atoms. The van der Waals surface area contributed by atoms with Crippen LogP contribution in [0.5, 0.6) is 0 Å². The summed E-state index contributed by atoms with van der Waals surface area (Å²) in [6, 6.07) is 43.9. The largest absolute Gasteiger partial charge is 0.309 e. The van der Waals surface area contributed by atoms with Gasteiger partial charge >= 0.3 is 0 Å². The van der Waals surface area contributed by atoms with Gasteiger partial charge in [0.25, 0.3) is 0 Å². The van der Waals surface area contributed by atoms with Crippen LogP contribution < -0.4 is 0 Å². The van der Waals surface area contributed by atoms with Gasteiger partial charge in [-0.1, -0.05) is 84.9 Å². The third kappa shape index (κ3) is 3.04. The van der Waals surface area contributed by atoms with Crippen molar-refractivity contribution in [2.24, 2.45) is 0 Å². The van der Waals surface area contributed by atoms with Gasteiger partial charge in [0.15, 0.2) is 0 Å². The summed E-state index contributed by atoms with van der Waals surface area (Å²) >= 11 is 3.67. The van der Waals surface area contributed by atoms with Crippen LogP contribution in [0.3, 0.4) is 0 Å². The lowest BCUT2D eigenvalue weighted by atomic mass is 10.1. The lowest BCUT2D eigenvalue weighted by Crippen LogP contribution is -1.94. The third-order valence-electron chi connectivity index (χ3n) is 7.81. The van der Waals surface area contributed by atoms with Gasteiger partial charge in [-0.2, -0.15) is 0 Å². The zero-order valence-corrected chi connectivity index (χ0v) is 22.4. The first-order chi connectivity index (χ1) is 19.3. The summed E-state index contributed by atoms with van der Waals surface area (Å²) in [5, 5.41) is 8.77. The number of benzene rings is 6. The van der Waals surface area contributed by atoms with E-state index in [-0.39, 0.29) is 0 Å². The monoisotopic (exact) mass is 532 g/mol. The SMILES string of the molecule is c1ccc(-n2c3cc(-c4nc5ccc6sc7ccccc7c6c5s4)ccc3c3ccc4ccccc4c32)cc1. The molecule has 0 atom stereocenters. The molecule has 6 aromatic carbocycles. The first-order valence-electron chi connectivity index (χ1n) is 13.1. The Kier molecular flexibility index (Phi) is 4.39. The highest BCUT2D eigenvalue weighted by Gasteiger charge is 2.18. The normalized spacial score (nSPS) is 12.1. The van der Waals surface area contributed by atoms with Crippen molar-refractivity contribution in [1.82, 2.24) is 9.55 Å². The Balaban J connectivity index is 1.35. The molecular formula is C35H20N2S2. The molecule has 0 amide bonds. The molecule has 4 heteroatoms. The average Bonchev–Trinajstić information content (AvgIpc) is 3.68. The van der Waals surface area contributed by atoms with Gasteiger partial charge in [-0.25, -0.2) is 4.98 Å². The Morgan fingerprint density at radius 1 is 0.564 bits per heavy atom. The van der Waals surface area contributed by atoms with Crippen LogP contribution in [0, 0.1) is 0 Å². The molecule has 0 radical (unpaired) electrons. The fourth-order valence-corrected chi connectivity index (χ4v) is 8.38. The number of hydrogen-bond acceptors (Lipinski definition) is 3. The molecule has 0 aliphatic heterocycles. The number of rotatable bonds is 2. The lowest BCUT2D eigenvalue weighted by Gasteiger charge is -2.10. The molecule has 0 saturated heterocycles. The number of nitrogens with zero attached hydrogens (tertiary/aromatic N) is 2. The summed E-state index contributed by atoms with van der Waals surface area (Å²) in [5.41, 5.74) is 5.85. The van der Waals surface area contributed by atoms with Gasteiger partial charge in [0.1, 0.15) is 5.01 Å². The molecule has 0 saturated carbocycles. The van der Waals surface area contributed by atoms with E-state index in [2.05, 4.69) is 126 Å². The predicted octanol–water partition coefficient (Wildman–Crippen LogP) is 10.6. The van der Waals surface area contributed by atoms with Gasteiger partial charge in [0.05, 0.1) is 21.3 Å². The fourth-order valence-electron chi connectivity index (χ4n) is 6.07. The van der Waals surface area contributed by atoms with E-state index < -0.39 is 0 Å². The highest BCUT2D eigenvalue weighted by atomic mass is 32.1. The Morgan fingerprint density at radius 2 is 1.36 bits per heavy atom. The van der Waals surface area contributed by atoms with Crippen LogP contribution in [0.15, 0.2) is 121 Å². The van der Waals surface area contributed by atoms with Crippen LogP contribution in [-0.2, 0) is 0 Å². The van der Waals surface area contributed by atoms with Gasteiger partial charge in [-0.3, -0.25) is 0 Å². The number of thiazole rings is 1. The van der Waals surface area contributed by atoms with Crippen LogP contribution in [0.2, 0.25) is 0 Å². The predicted molar refractivity (Wildman–Crippen MR) is 170 cm³/mol. The van der Waals surface area contributed by atoms with Crippen LogP contribution in [0.4, 0.5) is 0 Å². The molecule has 0 spiro atoms. The molecule has 0 fully saturated rings. The Bertz CT molecular complexity index is 2390. The molecule has 0 aliphatic rings. The van der Waals surface area contributed by atoms with E-state index in [1.807, 2.05) is 11.3 Å². The van der Waals surface area contributed by atoms with Crippen molar-refractivity contribution >= 4 is 85.6 Å². The number of aromatic nitrogens is 2. The number of para-hydroxylation sites is 1. The van der Waals surface area contributed by atoms with E-state index >= 15 is 0 Å². The second-order valence-corrected chi connectivity index (χ2v) is 12.1. The summed E-state index contributed by atoms with van der Waals surface area (Å²) < 4.78 is 6.35. The molecule has 2 nitrogen and oxygen atoms in total. The van der Waals surface area contributed by atoms with E-state index in [1.54, 1.807) is 11.3 Å². The van der Waals surface area contributed by atoms with Crippen LogP contribution >= 0.6 is 22.7 Å². The van der Waals surface area contributed by atoms with E-state index in [1.165, 1.54) is 63.1 Å². The topological polar surface area (TPSA) is 17.8 Å². The summed E-state index contributed by atoms with van der Waals surface area (Å²) in [5.74, 6) is 0. The second-order valence-electron chi connectivity index (χ2n) is 9.99. The standard InChI is InChI=1S/C35H20N2S2/c1-2-9-23(10-3-1)37-29-20-22(15-16-25(29)26-17-14-21-8-4-5-11-24(21)33(26)37)35-36-28-18-19-31-32(34(28)39-35)27-12-6-7-13-30(27)38-31/h1-20H. The summed E-state index contributed by atoms with van der Waals surface area (Å²) in [7, 11) is 0. The van der Waals surface area contributed by atoms with Gasteiger partial charge in [-0.15, -0.1) is 22.7 Å². The van der Waals surface area contributed by atoms with E-state index in [9.17, 15) is 0 Å². The van der Waals surface area contributed by atoms with Gasteiger partial charge in [0.2, 0.25) is 0 Å². The van der Waals surface area contributed by atoms with Crippen LogP contribution in [-0.4, -0.2) is 9.55 Å². The first-order valence-corrected chi connectivity index (χ1v) is 14.7. The van der Waals surface area contributed by atoms with E-state index in [0.717, 1.165) is 16.1 Å². The van der Waals surface area contributed by atoms with Crippen molar-refractivity contribution in [2.45, 2.75) is 0 Å².